The zero-order chi connectivity index (χ0) is 13.9. The third kappa shape index (κ3) is 2.62. The zero-order valence-corrected chi connectivity index (χ0v) is 11.3. The summed E-state index contributed by atoms with van der Waals surface area (Å²) in [5, 5.41) is 9.51. The Morgan fingerprint density at radius 2 is 2.20 bits per heavy atom. The molecule has 0 unspecified atom stereocenters. The molecule has 0 amide bonds. The van der Waals surface area contributed by atoms with Crippen LogP contribution in [0.4, 0.5) is 0 Å². The van der Waals surface area contributed by atoms with Crippen molar-refractivity contribution in [2.24, 2.45) is 0 Å². The number of para-hydroxylation sites is 1. The Morgan fingerprint density at radius 3 is 3.00 bits per heavy atom. The van der Waals surface area contributed by atoms with Gasteiger partial charge in [-0.1, -0.05) is 24.3 Å². The van der Waals surface area contributed by atoms with Crippen LogP contribution in [0, 0.1) is 0 Å². The highest BCUT2D eigenvalue weighted by Crippen LogP contribution is 2.26. The number of hydrogen-bond acceptors (Lipinski definition) is 4. The first-order valence-electron chi connectivity index (χ1n) is 6.02. The van der Waals surface area contributed by atoms with Gasteiger partial charge in [0.25, 0.3) is 0 Å². The second kappa shape index (κ2) is 5.30. The minimum atomic E-state index is -0.948. The van der Waals surface area contributed by atoms with Gasteiger partial charge in [-0.2, -0.15) is 0 Å². The fourth-order valence-electron chi connectivity index (χ4n) is 1.87. The molecule has 1 aromatic carbocycles. The van der Waals surface area contributed by atoms with Crippen LogP contribution < -0.4 is 4.74 Å². The maximum atomic E-state index is 10.8. The Bertz CT molecular complexity index is 715. The molecule has 2 heterocycles. The van der Waals surface area contributed by atoms with E-state index < -0.39 is 5.97 Å². The average Bonchev–Trinajstić information content (AvgIpc) is 2.94. The molecule has 0 spiro atoms. The molecule has 1 N–H and O–H groups in total. The highest BCUT2D eigenvalue weighted by Gasteiger charge is 2.09. The number of rotatable bonds is 3. The third-order valence-electron chi connectivity index (χ3n) is 2.83. The Kier molecular flexibility index (Phi) is 3.35. The summed E-state index contributed by atoms with van der Waals surface area (Å²) >= 11 is 1.15. The van der Waals surface area contributed by atoms with Crippen LogP contribution >= 0.6 is 11.3 Å². The molecule has 5 heteroatoms. The SMILES string of the molecule is O=C(O)c1cnc(/C=C/C2=Cc3ccccc3OC2)s1. The summed E-state index contributed by atoms with van der Waals surface area (Å²) in [6, 6.07) is 7.84. The molecule has 0 saturated heterocycles. The van der Waals surface area contributed by atoms with Crippen LogP contribution in [0.5, 0.6) is 5.75 Å². The van der Waals surface area contributed by atoms with Gasteiger partial charge in [-0.15, -0.1) is 11.3 Å². The Morgan fingerprint density at radius 1 is 1.35 bits per heavy atom. The van der Waals surface area contributed by atoms with Crippen molar-refractivity contribution < 1.29 is 14.6 Å². The van der Waals surface area contributed by atoms with Crippen LogP contribution in [0.15, 0.2) is 42.1 Å². The van der Waals surface area contributed by atoms with E-state index in [1.807, 2.05) is 30.3 Å². The van der Waals surface area contributed by atoms with Gasteiger partial charge in [0, 0.05) is 5.56 Å². The van der Waals surface area contributed by atoms with Crippen molar-refractivity contribution >= 4 is 29.5 Å². The number of thiazole rings is 1. The van der Waals surface area contributed by atoms with Gasteiger partial charge in [0.2, 0.25) is 0 Å². The van der Waals surface area contributed by atoms with Gasteiger partial charge in [-0.05, 0) is 23.8 Å². The Hall–Kier alpha value is -2.40. The molecule has 1 aromatic heterocycles. The quantitative estimate of drug-likeness (QED) is 0.939. The number of carboxylic acid groups (broad SMARTS) is 1. The third-order valence-corrected chi connectivity index (χ3v) is 3.78. The van der Waals surface area contributed by atoms with E-state index in [1.165, 1.54) is 6.20 Å². The lowest BCUT2D eigenvalue weighted by molar-refractivity contribution is 0.0702. The van der Waals surface area contributed by atoms with Crippen LogP contribution in [0.3, 0.4) is 0 Å². The highest BCUT2D eigenvalue weighted by molar-refractivity contribution is 7.14. The van der Waals surface area contributed by atoms with E-state index in [-0.39, 0.29) is 4.88 Å². The van der Waals surface area contributed by atoms with Gasteiger partial charge in [-0.25, -0.2) is 9.78 Å². The molecule has 2 aromatic rings. The average molecular weight is 285 g/mol. The van der Waals surface area contributed by atoms with E-state index in [4.69, 9.17) is 9.84 Å². The molecule has 0 bridgehead atoms. The maximum absolute atomic E-state index is 10.8. The van der Waals surface area contributed by atoms with Crippen molar-refractivity contribution in [1.82, 2.24) is 4.98 Å². The molecule has 0 radical (unpaired) electrons. The van der Waals surface area contributed by atoms with E-state index in [2.05, 4.69) is 11.1 Å². The first-order valence-corrected chi connectivity index (χ1v) is 6.83. The predicted molar refractivity (Wildman–Crippen MR) is 78.0 cm³/mol. The van der Waals surface area contributed by atoms with E-state index in [0.29, 0.717) is 11.6 Å². The van der Waals surface area contributed by atoms with Crippen molar-refractivity contribution in [3.05, 3.63) is 57.6 Å². The molecule has 0 fully saturated rings. The van der Waals surface area contributed by atoms with Gasteiger partial charge in [-0.3, -0.25) is 0 Å². The number of carbonyl (C=O) groups is 1. The largest absolute Gasteiger partial charge is 0.488 e. The lowest BCUT2D eigenvalue weighted by Gasteiger charge is -2.15. The van der Waals surface area contributed by atoms with Gasteiger partial charge in [0.15, 0.2) is 0 Å². The zero-order valence-electron chi connectivity index (χ0n) is 10.4. The number of aromatic carboxylic acids is 1. The molecule has 3 rings (SSSR count). The minimum absolute atomic E-state index is 0.240. The van der Waals surface area contributed by atoms with E-state index in [1.54, 1.807) is 6.08 Å². The standard InChI is InChI=1S/C15H11NO3S/c17-15(18)13-8-16-14(20-13)6-5-10-7-11-3-1-2-4-12(11)19-9-10/h1-8H,9H2,(H,17,18)/b6-5+. The monoisotopic (exact) mass is 285 g/mol. The summed E-state index contributed by atoms with van der Waals surface area (Å²) in [6.45, 7) is 0.505. The molecule has 0 saturated carbocycles. The smallest absolute Gasteiger partial charge is 0.347 e. The second-order valence-corrected chi connectivity index (χ2v) is 5.31. The first-order chi connectivity index (χ1) is 9.72. The van der Waals surface area contributed by atoms with E-state index in [9.17, 15) is 4.79 Å². The molecule has 1 aliphatic heterocycles. The van der Waals surface area contributed by atoms with E-state index in [0.717, 1.165) is 28.2 Å². The predicted octanol–water partition coefficient (Wildman–Crippen LogP) is 3.33. The lowest BCUT2D eigenvalue weighted by Crippen LogP contribution is -2.05. The summed E-state index contributed by atoms with van der Waals surface area (Å²) in [5.74, 6) is -0.0663. The fraction of sp³-hybridized carbons (Fsp3) is 0.0667. The van der Waals surface area contributed by atoms with Gasteiger partial charge in [0.05, 0.1) is 6.20 Å². The normalized spacial score (nSPS) is 13.7. The highest BCUT2D eigenvalue weighted by atomic mass is 32.1. The number of nitrogens with zero attached hydrogens (tertiary/aromatic N) is 1. The number of aromatic nitrogens is 1. The first kappa shape index (κ1) is 12.6. The molecular weight excluding hydrogens is 274 g/mol. The molecular formula is C15H11NO3S. The summed E-state index contributed by atoms with van der Waals surface area (Å²) in [5.41, 5.74) is 2.07. The van der Waals surface area contributed by atoms with Crippen LogP contribution in [-0.2, 0) is 0 Å². The van der Waals surface area contributed by atoms with Crippen LogP contribution in [0.1, 0.15) is 20.2 Å². The molecule has 4 nitrogen and oxygen atoms in total. The molecule has 0 atom stereocenters. The van der Waals surface area contributed by atoms with Crippen molar-refractivity contribution in [2.75, 3.05) is 6.61 Å². The van der Waals surface area contributed by atoms with Crippen LogP contribution in [-0.4, -0.2) is 22.7 Å². The Labute approximate surface area is 119 Å². The van der Waals surface area contributed by atoms with Crippen molar-refractivity contribution in [3.63, 3.8) is 0 Å². The number of ether oxygens (including phenoxy) is 1. The van der Waals surface area contributed by atoms with Crippen LogP contribution in [0.25, 0.3) is 12.2 Å². The fourth-order valence-corrected chi connectivity index (χ4v) is 2.53. The Balaban J connectivity index is 1.79. The lowest BCUT2D eigenvalue weighted by atomic mass is 10.1. The van der Waals surface area contributed by atoms with Crippen molar-refractivity contribution in [2.45, 2.75) is 0 Å². The minimum Gasteiger partial charge on any atom is -0.488 e. The topological polar surface area (TPSA) is 59.4 Å². The van der Waals surface area contributed by atoms with E-state index >= 15 is 0 Å². The number of benzene rings is 1. The number of fused-ring (bicyclic) bond motifs is 1. The van der Waals surface area contributed by atoms with Crippen LogP contribution in [0.2, 0.25) is 0 Å². The van der Waals surface area contributed by atoms with Gasteiger partial charge < -0.3 is 9.84 Å². The molecule has 0 aliphatic carbocycles. The molecule has 100 valence electrons. The van der Waals surface area contributed by atoms with Crippen molar-refractivity contribution in [1.29, 1.82) is 0 Å². The summed E-state index contributed by atoms with van der Waals surface area (Å²) < 4.78 is 5.64. The van der Waals surface area contributed by atoms with Gasteiger partial charge >= 0.3 is 5.97 Å². The summed E-state index contributed by atoms with van der Waals surface area (Å²) in [4.78, 5) is 15.1. The molecule has 1 aliphatic rings. The van der Waals surface area contributed by atoms with Crippen molar-refractivity contribution in [3.8, 4) is 5.75 Å². The second-order valence-electron chi connectivity index (χ2n) is 4.25. The summed E-state index contributed by atoms with van der Waals surface area (Å²) in [6.07, 6.45) is 7.13. The maximum Gasteiger partial charge on any atom is 0.347 e. The van der Waals surface area contributed by atoms with Gasteiger partial charge in [0.1, 0.15) is 22.2 Å². The number of hydrogen-bond donors (Lipinski definition) is 1. The molecule has 20 heavy (non-hydrogen) atoms. The number of carboxylic acids is 1. The summed E-state index contributed by atoms with van der Waals surface area (Å²) in [7, 11) is 0.